The van der Waals surface area contributed by atoms with E-state index in [1.54, 1.807) is 0 Å². The zero-order valence-electron chi connectivity index (χ0n) is 11.2. The smallest absolute Gasteiger partial charge is 0.307 e. The second kappa shape index (κ2) is 6.49. The lowest BCUT2D eigenvalue weighted by atomic mass is 10.2. The van der Waals surface area contributed by atoms with Gasteiger partial charge in [-0.25, -0.2) is 0 Å². The quantitative estimate of drug-likeness (QED) is 0.664. The molecule has 0 saturated heterocycles. The Kier molecular flexibility index (Phi) is 4.70. The fraction of sp³-hybridized carbons (Fsp3) is 0.286. The molecular formula is C14H14ClNO5. The van der Waals surface area contributed by atoms with Crippen molar-refractivity contribution in [2.45, 2.75) is 6.42 Å². The summed E-state index contributed by atoms with van der Waals surface area (Å²) in [6.07, 6.45) is 1.51. The zero-order valence-corrected chi connectivity index (χ0v) is 11.9. The number of hydrogen-bond donors (Lipinski definition) is 1. The van der Waals surface area contributed by atoms with Crippen LogP contribution in [0.1, 0.15) is 6.42 Å². The van der Waals surface area contributed by atoms with Gasteiger partial charge in [-0.15, -0.1) is 0 Å². The molecule has 0 aliphatic carbocycles. The summed E-state index contributed by atoms with van der Waals surface area (Å²) in [5, 5.41) is 9.65. The van der Waals surface area contributed by atoms with E-state index in [1.807, 2.05) is 0 Å². The lowest BCUT2D eigenvalue weighted by Gasteiger charge is -2.29. The number of fused-ring (bicyclic) bond motifs is 1. The highest BCUT2D eigenvalue weighted by atomic mass is 35.5. The van der Waals surface area contributed by atoms with Gasteiger partial charge in [0, 0.05) is 12.6 Å². The van der Waals surface area contributed by atoms with Gasteiger partial charge >= 0.3 is 5.97 Å². The van der Waals surface area contributed by atoms with Crippen molar-refractivity contribution in [3.8, 4) is 11.5 Å². The van der Waals surface area contributed by atoms with Crippen LogP contribution in [-0.4, -0.2) is 36.7 Å². The SMILES string of the molecule is C=CCOC(=O)CCN1C(=O)COc2cc(O)c(Cl)cc21. The molecule has 0 atom stereocenters. The second-order valence-corrected chi connectivity index (χ2v) is 4.73. The fourth-order valence-corrected chi connectivity index (χ4v) is 2.04. The van der Waals surface area contributed by atoms with Gasteiger partial charge in [-0.05, 0) is 6.07 Å². The van der Waals surface area contributed by atoms with Crippen LogP contribution >= 0.6 is 11.6 Å². The number of benzene rings is 1. The monoisotopic (exact) mass is 311 g/mol. The van der Waals surface area contributed by atoms with Gasteiger partial charge in [0.15, 0.2) is 6.61 Å². The molecule has 112 valence electrons. The van der Waals surface area contributed by atoms with Crippen molar-refractivity contribution in [2.24, 2.45) is 0 Å². The van der Waals surface area contributed by atoms with Crippen LogP contribution in [0.5, 0.6) is 11.5 Å². The average molecular weight is 312 g/mol. The van der Waals surface area contributed by atoms with E-state index in [0.29, 0.717) is 11.4 Å². The predicted octanol–water partition coefficient (Wildman–Crippen LogP) is 1.89. The molecule has 0 unspecified atom stereocenters. The van der Waals surface area contributed by atoms with E-state index >= 15 is 0 Å². The van der Waals surface area contributed by atoms with E-state index in [4.69, 9.17) is 21.1 Å². The highest BCUT2D eigenvalue weighted by Crippen LogP contribution is 2.39. The topological polar surface area (TPSA) is 76.1 Å². The van der Waals surface area contributed by atoms with Crippen LogP contribution in [-0.2, 0) is 14.3 Å². The number of phenolic OH excluding ortho intramolecular Hbond substituents is 1. The van der Waals surface area contributed by atoms with E-state index in [9.17, 15) is 14.7 Å². The van der Waals surface area contributed by atoms with Crippen LogP contribution in [0.15, 0.2) is 24.8 Å². The molecule has 0 saturated carbocycles. The molecule has 0 aromatic heterocycles. The normalized spacial score (nSPS) is 13.4. The van der Waals surface area contributed by atoms with Crippen molar-refractivity contribution < 1.29 is 24.2 Å². The number of halogens is 1. The van der Waals surface area contributed by atoms with Crippen molar-refractivity contribution in [1.82, 2.24) is 0 Å². The van der Waals surface area contributed by atoms with E-state index in [1.165, 1.54) is 23.1 Å². The minimum atomic E-state index is -0.430. The number of hydrogen-bond acceptors (Lipinski definition) is 5. The molecule has 1 aliphatic heterocycles. The Balaban J connectivity index is 2.13. The number of ether oxygens (including phenoxy) is 2. The molecule has 1 amide bonds. The van der Waals surface area contributed by atoms with E-state index in [2.05, 4.69) is 6.58 Å². The molecule has 0 spiro atoms. The third-order valence-corrected chi connectivity index (χ3v) is 3.18. The van der Waals surface area contributed by atoms with Gasteiger partial charge in [0.05, 0.1) is 17.1 Å². The Morgan fingerprint density at radius 2 is 2.33 bits per heavy atom. The maximum atomic E-state index is 11.9. The van der Waals surface area contributed by atoms with Gasteiger partial charge in [-0.2, -0.15) is 0 Å². The summed E-state index contributed by atoms with van der Waals surface area (Å²) in [6.45, 7) is 3.57. The Labute approximate surface area is 126 Å². The number of rotatable bonds is 5. The van der Waals surface area contributed by atoms with Crippen molar-refractivity contribution in [3.63, 3.8) is 0 Å². The lowest BCUT2D eigenvalue weighted by Crippen LogP contribution is -2.40. The van der Waals surface area contributed by atoms with Crippen LogP contribution in [0.4, 0.5) is 5.69 Å². The number of aromatic hydroxyl groups is 1. The first-order valence-electron chi connectivity index (χ1n) is 6.25. The Bertz CT molecular complexity index is 587. The summed E-state index contributed by atoms with van der Waals surface area (Å²) in [7, 11) is 0. The molecule has 0 bridgehead atoms. The maximum absolute atomic E-state index is 11.9. The van der Waals surface area contributed by atoms with Gasteiger partial charge in [-0.3, -0.25) is 9.59 Å². The van der Waals surface area contributed by atoms with Gasteiger partial charge in [0.2, 0.25) is 0 Å². The highest BCUT2D eigenvalue weighted by Gasteiger charge is 2.27. The summed E-state index contributed by atoms with van der Waals surface area (Å²) in [5.74, 6) is -0.507. The maximum Gasteiger partial charge on any atom is 0.307 e. The van der Waals surface area contributed by atoms with Crippen LogP contribution in [0.2, 0.25) is 5.02 Å². The molecule has 1 aromatic rings. The molecule has 1 aromatic carbocycles. The number of amides is 1. The Hall–Kier alpha value is -2.21. The van der Waals surface area contributed by atoms with Crippen LogP contribution < -0.4 is 9.64 Å². The number of phenols is 1. The van der Waals surface area contributed by atoms with Gasteiger partial charge in [0.1, 0.15) is 18.1 Å². The summed E-state index contributed by atoms with van der Waals surface area (Å²) >= 11 is 5.84. The minimum Gasteiger partial charge on any atom is -0.506 e. The molecule has 0 radical (unpaired) electrons. The molecule has 0 fully saturated rings. The first kappa shape index (κ1) is 15.2. The van der Waals surface area contributed by atoms with E-state index in [0.717, 1.165) is 0 Å². The van der Waals surface area contributed by atoms with Gasteiger partial charge in [0.25, 0.3) is 5.91 Å². The highest BCUT2D eigenvalue weighted by molar-refractivity contribution is 6.32. The molecule has 1 N–H and O–H groups in total. The zero-order chi connectivity index (χ0) is 15.4. The minimum absolute atomic E-state index is 0.0392. The second-order valence-electron chi connectivity index (χ2n) is 4.33. The number of esters is 1. The van der Waals surface area contributed by atoms with Crippen LogP contribution in [0, 0.1) is 0 Å². The van der Waals surface area contributed by atoms with Gasteiger partial charge < -0.3 is 19.5 Å². The fourth-order valence-electron chi connectivity index (χ4n) is 1.88. The van der Waals surface area contributed by atoms with E-state index in [-0.39, 0.29) is 42.9 Å². The van der Waals surface area contributed by atoms with E-state index < -0.39 is 5.97 Å². The average Bonchev–Trinajstić information content (AvgIpc) is 2.46. The lowest BCUT2D eigenvalue weighted by molar-refractivity contribution is -0.142. The molecule has 2 rings (SSSR count). The summed E-state index contributed by atoms with van der Waals surface area (Å²) in [6, 6.07) is 2.77. The number of carbonyl (C=O) groups is 2. The van der Waals surface area contributed by atoms with Crippen molar-refractivity contribution in [3.05, 3.63) is 29.8 Å². The Morgan fingerprint density at radius 3 is 3.05 bits per heavy atom. The summed E-state index contributed by atoms with van der Waals surface area (Å²) in [5.41, 5.74) is 0.422. The van der Waals surface area contributed by atoms with Crippen molar-refractivity contribution >= 4 is 29.2 Å². The largest absolute Gasteiger partial charge is 0.506 e. The third kappa shape index (κ3) is 3.46. The summed E-state index contributed by atoms with van der Waals surface area (Å²) in [4.78, 5) is 24.8. The first-order valence-corrected chi connectivity index (χ1v) is 6.63. The molecule has 1 aliphatic rings. The molecular weight excluding hydrogens is 298 g/mol. The first-order chi connectivity index (χ1) is 10.0. The standard InChI is InChI=1S/C14H14ClNO5/c1-2-5-20-14(19)3-4-16-10-6-9(15)11(17)7-12(10)21-8-13(16)18/h2,6-7,17H,1,3-5,8H2. The Morgan fingerprint density at radius 1 is 1.57 bits per heavy atom. The van der Waals surface area contributed by atoms with Crippen LogP contribution in [0.25, 0.3) is 0 Å². The number of anilines is 1. The van der Waals surface area contributed by atoms with Crippen molar-refractivity contribution in [2.75, 3.05) is 24.7 Å². The van der Waals surface area contributed by atoms with Gasteiger partial charge in [-0.1, -0.05) is 24.3 Å². The molecule has 7 heteroatoms. The summed E-state index contributed by atoms with van der Waals surface area (Å²) < 4.78 is 10.1. The number of nitrogens with zero attached hydrogens (tertiary/aromatic N) is 1. The third-order valence-electron chi connectivity index (χ3n) is 2.87. The molecule has 21 heavy (non-hydrogen) atoms. The molecule has 1 heterocycles. The van der Waals surface area contributed by atoms with Crippen molar-refractivity contribution in [1.29, 1.82) is 0 Å². The van der Waals surface area contributed by atoms with Crippen LogP contribution in [0.3, 0.4) is 0 Å². The predicted molar refractivity (Wildman–Crippen MR) is 76.7 cm³/mol. The number of carbonyl (C=O) groups excluding carboxylic acids is 2. The molecule has 6 nitrogen and oxygen atoms in total.